The van der Waals surface area contributed by atoms with Crippen LogP contribution in [0, 0.1) is 6.92 Å². The molecule has 118 valence electrons. The van der Waals surface area contributed by atoms with Crippen molar-refractivity contribution in [3.8, 4) is 5.75 Å². The highest BCUT2D eigenvalue weighted by Crippen LogP contribution is 2.19. The normalized spacial score (nSPS) is 10.5. The minimum Gasteiger partial charge on any atom is -0.494 e. The second kappa shape index (κ2) is 8.59. The molecule has 1 aromatic heterocycles. The summed E-state index contributed by atoms with van der Waals surface area (Å²) in [5, 5.41) is 5.05. The van der Waals surface area contributed by atoms with Crippen molar-refractivity contribution >= 4 is 17.2 Å². The summed E-state index contributed by atoms with van der Waals surface area (Å²) in [5.74, 6) is 1.02. The number of hydrogen-bond donors (Lipinski definition) is 1. The summed E-state index contributed by atoms with van der Waals surface area (Å²) in [4.78, 5) is 13.2. The first kappa shape index (κ1) is 16.6. The molecule has 22 heavy (non-hydrogen) atoms. The van der Waals surface area contributed by atoms with Gasteiger partial charge in [0.05, 0.1) is 6.61 Å². The second-order valence-corrected chi connectivity index (χ2v) is 6.27. The number of hydrogen-bond acceptors (Lipinski definition) is 3. The van der Waals surface area contributed by atoms with Gasteiger partial charge in [-0.15, -0.1) is 11.3 Å². The average molecular weight is 317 g/mol. The number of benzene rings is 1. The van der Waals surface area contributed by atoms with E-state index in [1.165, 1.54) is 4.88 Å². The van der Waals surface area contributed by atoms with Gasteiger partial charge in [0.1, 0.15) is 5.75 Å². The van der Waals surface area contributed by atoms with Crippen LogP contribution in [0.4, 0.5) is 0 Å². The molecule has 0 saturated carbocycles. The maximum Gasteiger partial charge on any atom is 0.220 e. The van der Waals surface area contributed by atoms with Crippen LogP contribution in [0.25, 0.3) is 0 Å². The third-order valence-corrected chi connectivity index (χ3v) is 4.37. The van der Waals surface area contributed by atoms with Crippen LogP contribution < -0.4 is 10.1 Å². The van der Waals surface area contributed by atoms with E-state index in [2.05, 4.69) is 22.8 Å². The van der Waals surface area contributed by atoms with E-state index in [1.807, 2.05) is 32.0 Å². The third-order valence-electron chi connectivity index (χ3n) is 3.44. The van der Waals surface area contributed by atoms with Crippen molar-refractivity contribution < 1.29 is 9.53 Å². The van der Waals surface area contributed by atoms with Gasteiger partial charge in [-0.05, 0) is 55.3 Å². The summed E-state index contributed by atoms with van der Waals surface area (Å²) < 4.78 is 5.52. The van der Waals surface area contributed by atoms with Crippen molar-refractivity contribution in [3.05, 3.63) is 51.7 Å². The molecule has 2 rings (SSSR count). The first-order valence-corrected chi connectivity index (χ1v) is 8.58. The molecule has 0 fully saturated rings. The summed E-state index contributed by atoms with van der Waals surface area (Å²) in [5.41, 5.74) is 2.21. The molecule has 4 heteroatoms. The smallest absolute Gasteiger partial charge is 0.220 e. The predicted molar refractivity (Wildman–Crippen MR) is 91.5 cm³/mol. The van der Waals surface area contributed by atoms with E-state index < -0.39 is 0 Å². The molecule has 1 amide bonds. The fraction of sp³-hybridized carbons (Fsp3) is 0.389. The fourth-order valence-corrected chi connectivity index (χ4v) is 3.06. The molecular formula is C18H23NO2S. The first-order valence-electron chi connectivity index (χ1n) is 7.70. The van der Waals surface area contributed by atoms with E-state index >= 15 is 0 Å². The van der Waals surface area contributed by atoms with Gasteiger partial charge in [-0.2, -0.15) is 0 Å². The molecule has 0 aliphatic heterocycles. The predicted octanol–water partition coefficient (Wildman–Crippen LogP) is 4.09. The standard InChI is InChI=1S/C18H23NO2S/c1-3-21-17-10-9-15(12-14(17)2)13-19-18(20)8-4-6-16-7-5-11-22-16/h5,7,9-12H,3-4,6,8,13H2,1-2H3,(H,19,20). The Morgan fingerprint density at radius 1 is 1.32 bits per heavy atom. The lowest BCUT2D eigenvalue weighted by Crippen LogP contribution is -2.22. The number of amides is 1. The molecule has 0 unspecified atom stereocenters. The molecule has 3 nitrogen and oxygen atoms in total. The Morgan fingerprint density at radius 2 is 2.18 bits per heavy atom. The fourth-order valence-electron chi connectivity index (χ4n) is 2.31. The number of ether oxygens (including phenoxy) is 1. The molecule has 0 atom stereocenters. The quantitative estimate of drug-likeness (QED) is 0.796. The number of aryl methyl sites for hydroxylation is 2. The van der Waals surface area contributed by atoms with Gasteiger partial charge in [0.2, 0.25) is 5.91 Å². The van der Waals surface area contributed by atoms with Crippen LogP contribution in [-0.4, -0.2) is 12.5 Å². The van der Waals surface area contributed by atoms with Crippen LogP contribution in [0.2, 0.25) is 0 Å². The second-order valence-electron chi connectivity index (χ2n) is 5.24. The van der Waals surface area contributed by atoms with Crippen molar-refractivity contribution in [2.24, 2.45) is 0 Å². The van der Waals surface area contributed by atoms with Crippen LogP contribution in [0.1, 0.15) is 35.8 Å². The van der Waals surface area contributed by atoms with Gasteiger partial charge in [0, 0.05) is 17.8 Å². The minimum absolute atomic E-state index is 0.114. The zero-order valence-electron chi connectivity index (χ0n) is 13.2. The SMILES string of the molecule is CCOc1ccc(CNC(=O)CCCc2cccs2)cc1C. The number of thiophene rings is 1. The summed E-state index contributed by atoms with van der Waals surface area (Å²) in [7, 11) is 0. The Labute approximate surface area is 136 Å². The number of carbonyl (C=O) groups excluding carboxylic acids is 1. The molecule has 0 aliphatic carbocycles. The zero-order chi connectivity index (χ0) is 15.8. The Kier molecular flexibility index (Phi) is 6.46. The van der Waals surface area contributed by atoms with E-state index in [0.717, 1.165) is 29.7 Å². The highest BCUT2D eigenvalue weighted by atomic mass is 32.1. The van der Waals surface area contributed by atoms with Gasteiger partial charge in [-0.25, -0.2) is 0 Å². The summed E-state index contributed by atoms with van der Waals surface area (Å²) in [6.07, 6.45) is 2.45. The molecule has 0 saturated heterocycles. The molecular weight excluding hydrogens is 294 g/mol. The highest BCUT2D eigenvalue weighted by molar-refractivity contribution is 7.09. The molecule has 0 aliphatic rings. The van der Waals surface area contributed by atoms with E-state index in [1.54, 1.807) is 11.3 Å². The summed E-state index contributed by atoms with van der Waals surface area (Å²) in [6.45, 7) is 5.24. The van der Waals surface area contributed by atoms with Crippen molar-refractivity contribution in [1.29, 1.82) is 0 Å². The van der Waals surface area contributed by atoms with Crippen LogP contribution in [0.15, 0.2) is 35.7 Å². The van der Waals surface area contributed by atoms with Gasteiger partial charge >= 0.3 is 0 Å². The maximum absolute atomic E-state index is 11.9. The molecule has 2 aromatic rings. The van der Waals surface area contributed by atoms with Gasteiger partial charge in [0.15, 0.2) is 0 Å². The summed E-state index contributed by atoms with van der Waals surface area (Å²) in [6, 6.07) is 10.2. The first-order chi connectivity index (χ1) is 10.7. The van der Waals surface area contributed by atoms with Gasteiger partial charge < -0.3 is 10.1 Å². The molecule has 0 radical (unpaired) electrons. The van der Waals surface area contributed by atoms with Crippen molar-refractivity contribution in [1.82, 2.24) is 5.32 Å². The molecule has 1 N–H and O–H groups in total. The topological polar surface area (TPSA) is 38.3 Å². The number of rotatable bonds is 8. The van der Waals surface area contributed by atoms with E-state index in [0.29, 0.717) is 19.6 Å². The van der Waals surface area contributed by atoms with Crippen LogP contribution in [0.5, 0.6) is 5.75 Å². The van der Waals surface area contributed by atoms with Gasteiger partial charge in [-0.1, -0.05) is 18.2 Å². The lowest BCUT2D eigenvalue weighted by atomic mass is 10.1. The lowest BCUT2D eigenvalue weighted by molar-refractivity contribution is -0.121. The summed E-state index contributed by atoms with van der Waals surface area (Å²) >= 11 is 1.75. The Bertz CT molecular complexity index is 593. The van der Waals surface area contributed by atoms with Gasteiger partial charge in [0.25, 0.3) is 0 Å². The van der Waals surface area contributed by atoms with Crippen LogP contribution in [0.3, 0.4) is 0 Å². The zero-order valence-corrected chi connectivity index (χ0v) is 14.0. The van der Waals surface area contributed by atoms with E-state index in [-0.39, 0.29) is 5.91 Å². The van der Waals surface area contributed by atoms with Gasteiger partial charge in [-0.3, -0.25) is 4.79 Å². The largest absolute Gasteiger partial charge is 0.494 e. The van der Waals surface area contributed by atoms with Crippen molar-refractivity contribution in [2.75, 3.05) is 6.61 Å². The van der Waals surface area contributed by atoms with Crippen LogP contribution >= 0.6 is 11.3 Å². The third kappa shape index (κ3) is 5.19. The Morgan fingerprint density at radius 3 is 2.86 bits per heavy atom. The molecule has 1 aromatic carbocycles. The molecule has 1 heterocycles. The molecule has 0 bridgehead atoms. The Balaban J connectivity index is 1.72. The Hall–Kier alpha value is -1.81. The van der Waals surface area contributed by atoms with Crippen LogP contribution in [-0.2, 0) is 17.8 Å². The average Bonchev–Trinajstić information content (AvgIpc) is 3.01. The van der Waals surface area contributed by atoms with E-state index in [4.69, 9.17) is 4.74 Å². The number of carbonyl (C=O) groups is 1. The highest BCUT2D eigenvalue weighted by Gasteiger charge is 2.04. The minimum atomic E-state index is 0.114. The monoisotopic (exact) mass is 317 g/mol. The van der Waals surface area contributed by atoms with Crippen molar-refractivity contribution in [3.63, 3.8) is 0 Å². The van der Waals surface area contributed by atoms with E-state index in [9.17, 15) is 4.79 Å². The molecule has 0 spiro atoms. The maximum atomic E-state index is 11.9. The number of nitrogens with one attached hydrogen (secondary N) is 1. The lowest BCUT2D eigenvalue weighted by Gasteiger charge is -2.10. The van der Waals surface area contributed by atoms with Crippen molar-refractivity contribution in [2.45, 2.75) is 39.7 Å².